The Morgan fingerprint density at radius 1 is 1.11 bits per heavy atom. The van der Waals surface area contributed by atoms with Gasteiger partial charge in [-0.15, -0.1) is 0 Å². The topological polar surface area (TPSA) is 78.3 Å². The zero-order valence-electron chi connectivity index (χ0n) is 16.4. The molecular formula is C21H25N7. The summed E-state index contributed by atoms with van der Waals surface area (Å²) in [5, 5.41) is 6.63. The summed E-state index contributed by atoms with van der Waals surface area (Å²) in [5.74, 6) is 1.83. The van der Waals surface area contributed by atoms with Crippen LogP contribution in [-0.4, -0.2) is 53.4 Å². The molecule has 7 nitrogen and oxygen atoms in total. The van der Waals surface area contributed by atoms with Crippen LogP contribution in [0.25, 0.3) is 5.57 Å². The van der Waals surface area contributed by atoms with Gasteiger partial charge in [-0.25, -0.2) is 15.0 Å². The Morgan fingerprint density at radius 2 is 1.96 bits per heavy atom. The van der Waals surface area contributed by atoms with Crippen molar-refractivity contribution < 1.29 is 0 Å². The summed E-state index contributed by atoms with van der Waals surface area (Å²) in [7, 11) is 0. The number of anilines is 3. The third-order valence-corrected chi connectivity index (χ3v) is 5.68. The van der Waals surface area contributed by atoms with Gasteiger partial charge in [0.05, 0.1) is 24.1 Å². The summed E-state index contributed by atoms with van der Waals surface area (Å²) in [5.41, 5.74) is 7.16. The summed E-state index contributed by atoms with van der Waals surface area (Å²) in [4.78, 5) is 20.9. The van der Waals surface area contributed by atoms with Crippen molar-refractivity contribution >= 4 is 28.7 Å². The fourth-order valence-corrected chi connectivity index (χ4v) is 4.11. The number of fused-ring (bicyclic) bond motifs is 3. The van der Waals surface area contributed by atoms with E-state index in [1.54, 1.807) is 0 Å². The summed E-state index contributed by atoms with van der Waals surface area (Å²) < 4.78 is 0. The molecule has 2 aromatic heterocycles. The Hall–Kier alpha value is -2.80. The van der Waals surface area contributed by atoms with Crippen molar-refractivity contribution in [3.05, 3.63) is 41.4 Å². The number of piperazine rings is 1. The van der Waals surface area contributed by atoms with Gasteiger partial charge in [0, 0.05) is 55.6 Å². The minimum Gasteiger partial charge on any atom is -0.368 e. The number of rotatable bonds is 4. The monoisotopic (exact) mass is 375 g/mol. The van der Waals surface area contributed by atoms with Crippen LogP contribution < -0.4 is 15.5 Å². The van der Waals surface area contributed by atoms with Crippen LogP contribution in [0.2, 0.25) is 0 Å². The highest BCUT2D eigenvalue weighted by Crippen LogP contribution is 2.37. The van der Waals surface area contributed by atoms with E-state index in [0.717, 1.165) is 56.3 Å². The highest BCUT2D eigenvalue weighted by atomic mass is 15.2. The molecule has 0 aromatic carbocycles. The Balaban J connectivity index is 1.37. The molecule has 1 saturated heterocycles. The van der Waals surface area contributed by atoms with Gasteiger partial charge < -0.3 is 15.5 Å². The molecule has 2 aliphatic heterocycles. The molecule has 1 fully saturated rings. The van der Waals surface area contributed by atoms with Crippen molar-refractivity contribution in [3.63, 3.8) is 0 Å². The average Bonchev–Trinajstić information content (AvgIpc) is 3.29. The highest BCUT2D eigenvalue weighted by molar-refractivity contribution is 6.30. The van der Waals surface area contributed by atoms with Gasteiger partial charge in [0.2, 0.25) is 5.95 Å². The second kappa shape index (κ2) is 6.98. The second-order valence-electron chi connectivity index (χ2n) is 7.83. The number of aromatic nitrogens is 3. The maximum atomic E-state index is 4.82. The van der Waals surface area contributed by atoms with E-state index in [0.29, 0.717) is 11.9 Å². The second-order valence-corrected chi connectivity index (χ2v) is 7.83. The van der Waals surface area contributed by atoms with Gasteiger partial charge in [-0.2, -0.15) is 0 Å². The molecule has 0 spiro atoms. The maximum absolute atomic E-state index is 4.82. The Bertz CT molecular complexity index is 953. The fourth-order valence-electron chi connectivity index (χ4n) is 4.11. The molecule has 3 aliphatic rings. The van der Waals surface area contributed by atoms with Crippen molar-refractivity contribution in [3.8, 4) is 0 Å². The minimum atomic E-state index is 0.479. The van der Waals surface area contributed by atoms with Crippen molar-refractivity contribution in [2.75, 3.05) is 42.9 Å². The molecule has 7 heteroatoms. The number of nitrogens with one attached hydrogen (secondary N) is 2. The number of hydrogen-bond acceptors (Lipinski definition) is 7. The van der Waals surface area contributed by atoms with Crippen LogP contribution in [0.4, 0.5) is 17.5 Å². The predicted molar refractivity (Wildman–Crippen MR) is 112 cm³/mol. The molecule has 144 valence electrons. The van der Waals surface area contributed by atoms with Crippen molar-refractivity contribution in [1.29, 1.82) is 0 Å². The summed E-state index contributed by atoms with van der Waals surface area (Å²) in [6.45, 7) is 9.32. The molecule has 0 unspecified atom stereocenters. The molecule has 4 heterocycles. The molecule has 0 atom stereocenters. The molecule has 2 aromatic rings. The lowest BCUT2D eigenvalue weighted by Crippen LogP contribution is -2.43. The number of nitrogens with zero attached hydrogens (tertiary/aromatic N) is 5. The molecule has 1 aliphatic carbocycles. The number of allylic oxidation sites excluding steroid dienone is 1. The first-order valence-corrected chi connectivity index (χ1v) is 10.0. The van der Waals surface area contributed by atoms with E-state index >= 15 is 0 Å². The lowest BCUT2D eigenvalue weighted by atomic mass is 9.97. The van der Waals surface area contributed by atoms with E-state index in [2.05, 4.69) is 45.4 Å². The van der Waals surface area contributed by atoms with Gasteiger partial charge in [0.1, 0.15) is 5.82 Å². The number of hydrogen-bond donors (Lipinski definition) is 2. The van der Waals surface area contributed by atoms with Gasteiger partial charge in [0.25, 0.3) is 0 Å². The van der Waals surface area contributed by atoms with Gasteiger partial charge in [-0.05, 0) is 23.6 Å². The minimum absolute atomic E-state index is 0.479. The Morgan fingerprint density at radius 3 is 2.71 bits per heavy atom. The fraction of sp³-hybridized carbons (Fsp3) is 0.429. The largest absolute Gasteiger partial charge is 0.368 e. The van der Waals surface area contributed by atoms with E-state index in [4.69, 9.17) is 9.98 Å². The first-order chi connectivity index (χ1) is 13.7. The van der Waals surface area contributed by atoms with Crippen molar-refractivity contribution in [1.82, 2.24) is 20.3 Å². The third-order valence-electron chi connectivity index (χ3n) is 5.68. The van der Waals surface area contributed by atoms with E-state index in [1.807, 2.05) is 18.5 Å². The van der Waals surface area contributed by atoms with E-state index in [-0.39, 0.29) is 0 Å². The summed E-state index contributed by atoms with van der Waals surface area (Å²) in [6.07, 6.45) is 4.69. The normalized spacial score (nSPS) is 18.4. The van der Waals surface area contributed by atoms with Gasteiger partial charge >= 0.3 is 0 Å². The summed E-state index contributed by atoms with van der Waals surface area (Å²) >= 11 is 0. The maximum Gasteiger partial charge on any atom is 0.228 e. The quantitative estimate of drug-likeness (QED) is 0.855. The van der Waals surface area contributed by atoms with E-state index in [1.165, 1.54) is 22.4 Å². The van der Waals surface area contributed by atoms with Crippen LogP contribution in [0, 0.1) is 5.92 Å². The van der Waals surface area contributed by atoms with Crippen LogP contribution in [0.1, 0.15) is 25.1 Å². The van der Waals surface area contributed by atoms with Crippen LogP contribution in [0.3, 0.4) is 0 Å². The predicted octanol–water partition coefficient (Wildman–Crippen LogP) is 2.45. The van der Waals surface area contributed by atoms with Crippen LogP contribution in [0.5, 0.6) is 0 Å². The zero-order valence-corrected chi connectivity index (χ0v) is 16.4. The molecule has 2 N–H and O–H groups in total. The highest BCUT2D eigenvalue weighted by Gasteiger charge is 2.32. The van der Waals surface area contributed by atoms with E-state index in [9.17, 15) is 0 Å². The first kappa shape index (κ1) is 17.3. The Kier molecular flexibility index (Phi) is 4.31. The third kappa shape index (κ3) is 3.05. The van der Waals surface area contributed by atoms with Gasteiger partial charge in [-0.3, -0.25) is 4.99 Å². The molecular weight excluding hydrogens is 350 g/mol. The van der Waals surface area contributed by atoms with Crippen LogP contribution >= 0.6 is 0 Å². The molecule has 0 radical (unpaired) electrons. The molecule has 5 rings (SSSR count). The van der Waals surface area contributed by atoms with Crippen molar-refractivity contribution in [2.24, 2.45) is 10.9 Å². The molecule has 0 saturated carbocycles. The Labute approximate surface area is 165 Å². The molecule has 0 amide bonds. The van der Waals surface area contributed by atoms with Gasteiger partial charge in [-0.1, -0.05) is 13.8 Å². The number of pyridine rings is 1. The SMILES string of the molecule is CC(C)C1=C2C(=NC1)Cc1cnc(Nc3ccc(N4CCNCC4)cn3)nc12. The van der Waals surface area contributed by atoms with Crippen LogP contribution in [0.15, 0.2) is 35.1 Å². The van der Waals surface area contributed by atoms with E-state index < -0.39 is 0 Å². The standard InChI is InChI=1S/C21H25N7/c1-13(2)16-12-23-17-9-14-10-25-21(27-20(14)19(16)17)26-18-4-3-15(11-24-18)28-7-5-22-6-8-28/h3-4,10-11,13,22H,5-9,12H2,1-2H3,(H,24,25,26,27). The average molecular weight is 375 g/mol. The molecule has 0 bridgehead atoms. The zero-order chi connectivity index (χ0) is 19.1. The van der Waals surface area contributed by atoms with Crippen molar-refractivity contribution in [2.45, 2.75) is 20.3 Å². The van der Waals surface area contributed by atoms with Gasteiger partial charge in [0.15, 0.2) is 0 Å². The van der Waals surface area contributed by atoms with Crippen LogP contribution in [-0.2, 0) is 6.42 Å². The lowest BCUT2D eigenvalue weighted by Gasteiger charge is -2.29. The molecule has 28 heavy (non-hydrogen) atoms. The lowest BCUT2D eigenvalue weighted by molar-refractivity contribution is 0.589. The smallest absolute Gasteiger partial charge is 0.228 e. The number of aliphatic imine (C=N–C) groups is 1. The first-order valence-electron chi connectivity index (χ1n) is 10.0. The summed E-state index contributed by atoms with van der Waals surface area (Å²) in [6, 6.07) is 4.10.